The lowest BCUT2D eigenvalue weighted by molar-refractivity contribution is 0.616. The Morgan fingerprint density at radius 2 is 1.87 bits per heavy atom. The molecule has 3 nitrogen and oxygen atoms in total. The van der Waals surface area contributed by atoms with Gasteiger partial charge in [0.25, 0.3) is 0 Å². The predicted molar refractivity (Wildman–Crippen MR) is 64.7 cm³/mol. The first-order valence-corrected chi connectivity index (χ1v) is 4.34. The molecule has 2 aromatic heterocycles. The highest BCUT2D eigenvalue weighted by Crippen LogP contribution is 2.22. The summed E-state index contributed by atoms with van der Waals surface area (Å²) in [5.41, 5.74) is 1.54. The summed E-state index contributed by atoms with van der Waals surface area (Å²) in [4.78, 5) is 14.0. The van der Waals surface area contributed by atoms with Crippen LogP contribution >= 0.6 is 17.0 Å². The molecule has 0 radical (unpaired) electrons. The van der Waals surface area contributed by atoms with Crippen LogP contribution in [0.25, 0.3) is 21.9 Å². The minimum absolute atomic E-state index is 0. The summed E-state index contributed by atoms with van der Waals surface area (Å²) in [6, 6.07) is 9.01. The highest BCUT2D eigenvalue weighted by Gasteiger charge is 2.02. The molecule has 0 spiro atoms. The van der Waals surface area contributed by atoms with E-state index in [0.29, 0.717) is 0 Å². The Kier molecular flexibility index (Phi) is 2.36. The highest BCUT2D eigenvalue weighted by molar-refractivity contribution is 8.93. The molecule has 3 aromatic rings. The van der Waals surface area contributed by atoms with Gasteiger partial charge in [-0.15, -0.1) is 17.0 Å². The van der Waals surface area contributed by atoms with E-state index in [1.165, 1.54) is 6.07 Å². The molecule has 76 valence electrons. The average molecular weight is 266 g/mol. The number of halogens is 1. The van der Waals surface area contributed by atoms with Crippen molar-refractivity contribution in [2.75, 3.05) is 0 Å². The number of rotatable bonds is 0. The second-order valence-electron chi connectivity index (χ2n) is 3.18. The molecule has 0 fully saturated rings. The van der Waals surface area contributed by atoms with E-state index >= 15 is 0 Å². The lowest BCUT2D eigenvalue weighted by atomic mass is 10.1. The fourth-order valence-electron chi connectivity index (χ4n) is 1.67. The summed E-state index contributed by atoms with van der Waals surface area (Å²) in [6.07, 6.45) is 1.62. The van der Waals surface area contributed by atoms with Gasteiger partial charge in [-0.05, 0) is 29.7 Å². The highest BCUT2D eigenvalue weighted by atomic mass is 79.9. The molecule has 0 atom stereocenters. The van der Waals surface area contributed by atoms with Crippen molar-refractivity contribution >= 4 is 38.9 Å². The molecule has 3 rings (SSSR count). The van der Waals surface area contributed by atoms with Crippen LogP contribution in [0.1, 0.15) is 0 Å². The number of fused-ring (bicyclic) bond motifs is 3. The molecule has 0 aliphatic heterocycles. The van der Waals surface area contributed by atoms with Gasteiger partial charge < -0.3 is 9.40 Å². The Labute approximate surface area is 95.5 Å². The molecular formula is C11H8BrNO2. The molecule has 0 aliphatic rings. The van der Waals surface area contributed by atoms with Crippen molar-refractivity contribution in [1.82, 2.24) is 4.98 Å². The fraction of sp³-hybridized carbons (Fsp3) is 0. The predicted octanol–water partition coefficient (Wildman–Crippen LogP) is 2.85. The van der Waals surface area contributed by atoms with Crippen LogP contribution in [0.5, 0.6) is 0 Å². The van der Waals surface area contributed by atoms with E-state index in [2.05, 4.69) is 4.98 Å². The number of aromatic amines is 1. The summed E-state index contributed by atoms with van der Waals surface area (Å²) < 4.78 is 5.24. The fourth-order valence-corrected chi connectivity index (χ4v) is 1.67. The second kappa shape index (κ2) is 3.55. The smallest absolute Gasteiger partial charge is 0.248 e. The van der Waals surface area contributed by atoms with Crippen molar-refractivity contribution in [2.24, 2.45) is 0 Å². The van der Waals surface area contributed by atoms with E-state index in [0.717, 1.165) is 21.9 Å². The third-order valence-corrected chi connectivity index (χ3v) is 2.33. The Bertz CT molecular complexity index is 669. The molecule has 4 heteroatoms. The van der Waals surface area contributed by atoms with Crippen molar-refractivity contribution in [3.05, 3.63) is 46.9 Å². The first-order chi connectivity index (χ1) is 6.84. The van der Waals surface area contributed by atoms with Crippen LogP contribution in [0, 0.1) is 0 Å². The summed E-state index contributed by atoms with van der Waals surface area (Å²) in [5, 5.41) is 1.96. The van der Waals surface area contributed by atoms with Gasteiger partial charge in [-0.2, -0.15) is 0 Å². The van der Waals surface area contributed by atoms with Crippen molar-refractivity contribution in [1.29, 1.82) is 0 Å². The number of H-pyrrole nitrogens is 1. The van der Waals surface area contributed by atoms with Gasteiger partial charge in [-0.25, -0.2) is 0 Å². The van der Waals surface area contributed by atoms with Crippen LogP contribution < -0.4 is 5.56 Å². The maximum absolute atomic E-state index is 11.2. The lowest BCUT2D eigenvalue weighted by Crippen LogP contribution is -2.02. The van der Waals surface area contributed by atoms with E-state index in [1.807, 2.05) is 18.2 Å². The summed E-state index contributed by atoms with van der Waals surface area (Å²) >= 11 is 0. The Hall–Kier alpha value is -1.55. The molecular weight excluding hydrogens is 258 g/mol. The maximum atomic E-state index is 11.2. The molecule has 0 bridgehead atoms. The van der Waals surface area contributed by atoms with Crippen molar-refractivity contribution in [2.45, 2.75) is 0 Å². The number of nitrogens with one attached hydrogen (secondary N) is 1. The Balaban J connectivity index is 0.000000853. The number of aromatic nitrogens is 1. The molecule has 0 aliphatic carbocycles. The molecule has 15 heavy (non-hydrogen) atoms. The SMILES string of the molecule is Br.O=c1ccc2ccc3occc3c2[nH]1. The zero-order valence-corrected chi connectivity index (χ0v) is 9.40. The first kappa shape index (κ1) is 9.98. The molecule has 0 saturated heterocycles. The summed E-state index contributed by atoms with van der Waals surface area (Å²) in [5.74, 6) is 0. The Morgan fingerprint density at radius 1 is 1.07 bits per heavy atom. The van der Waals surface area contributed by atoms with Gasteiger partial charge in [-0.1, -0.05) is 0 Å². The lowest BCUT2D eigenvalue weighted by Gasteiger charge is -1.96. The molecule has 1 N–H and O–H groups in total. The van der Waals surface area contributed by atoms with Crippen molar-refractivity contribution in [3.63, 3.8) is 0 Å². The number of hydrogen-bond donors (Lipinski definition) is 1. The zero-order chi connectivity index (χ0) is 9.54. The second-order valence-corrected chi connectivity index (χ2v) is 3.18. The molecule has 0 saturated carbocycles. The summed E-state index contributed by atoms with van der Waals surface area (Å²) in [6.45, 7) is 0. The minimum atomic E-state index is -0.0915. The molecule has 1 aromatic carbocycles. The van der Waals surface area contributed by atoms with Crippen LogP contribution in [-0.2, 0) is 0 Å². The average Bonchev–Trinajstić information content (AvgIpc) is 2.65. The first-order valence-electron chi connectivity index (χ1n) is 4.34. The number of benzene rings is 1. The monoisotopic (exact) mass is 265 g/mol. The van der Waals surface area contributed by atoms with Gasteiger partial charge in [0.2, 0.25) is 5.56 Å². The van der Waals surface area contributed by atoms with E-state index in [-0.39, 0.29) is 22.5 Å². The van der Waals surface area contributed by atoms with Crippen molar-refractivity contribution in [3.8, 4) is 0 Å². The van der Waals surface area contributed by atoms with Gasteiger partial charge in [0.15, 0.2) is 0 Å². The Morgan fingerprint density at radius 3 is 2.73 bits per heavy atom. The largest absolute Gasteiger partial charge is 0.464 e. The topological polar surface area (TPSA) is 46.0 Å². The van der Waals surface area contributed by atoms with Crippen molar-refractivity contribution < 1.29 is 4.42 Å². The number of hydrogen-bond acceptors (Lipinski definition) is 2. The van der Waals surface area contributed by atoms with Gasteiger partial charge >= 0.3 is 0 Å². The number of furan rings is 1. The van der Waals surface area contributed by atoms with Crippen LogP contribution in [0.3, 0.4) is 0 Å². The third kappa shape index (κ3) is 1.47. The maximum Gasteiger partial charge on any atom is 0.248 e. The molecule has 0 amide bonds. The standard InChI is InChI=1S/C11H7NO2.BrH/c13-10-4-2-7-1-3-9-8(5-6-14-9)11(7)12-10;/h1-6H,(H,12,13);1H. The van der Waals surface area contributed by atoms with Crippen LogP contribution in [0.2, 0.25) is 0 Å². The van der Waals surface area contributed by atoms with E-state index in [9.17, 15) is 4.79 Å². The van der Waals surface area contributed by atoms with Gasteiger partial charge in [0.05, 0.1) is 11.8 Å². The van der Waals surface area contributed by atoms with Gasteiger partial charge in [0.1, 0.15) is 5.58 Å². The number of pyridine rings is 1. The minimum Gasteiger partial charge on any atom is -0.464 e. The van der Waals surface area contributed by atoms with Crippen LogP contribution in [0.4, 0.5) is 0 Å². The van der Waals surface area contributed by atoms with E-state index in [1.54, 1.807) is 12.3 Å². The molecule has 0 unspecified atom stereocenters. The third-order valence-electron chi connectivity index (χ3n) is 2.33. The normalized spacial score (nSPS) is 10.4. The van der Waals surface area contributed by atoms with Crippen LogP contribution in [-0.4, -0.2) is 4.98 Å². The molecule has 2 heterocycles. The zero-order valence-electron chi connectivity index (χ0n) is 7.69. The van der Waals surface area contributed by atoms with Crippen LogP contribution in [0.15, 0.2) is 45.8 Å². The quantitative estimate of drug-likeness (QED) is 0.680. The summed E-state index contributed by atoms with van der Waals surface area (Å²) in [7, 11) is 0. The van der Waals surface area contributed by atoms with E-state index < -0.39 is 0 Å². The van der Waals surface area contributed by atoms with Gasteiger partial charge in [0, 0.05) is 11.5 Å². The van der Waals surface area contributed by atoms with E-state index in [4.69, 9.17) is 4.42 Å². The van der Waals surface area contributed by atoms with Gasteiger partial charge in [-0.3, -0.25) is 4.79 Å².